The molecular formula is C13H21N3. The molecule has 88 valence electrons. The van der Waals surface area contributed by atoms with Crippen LogP contribution in [0.3, 0.4) is 0 Å². The maximum atomic E-state index is 5.88. The van der Waals surface area contributed by atoms with Crippen LogP contribution in [0.15, 0.2) is 24.4 Å². The molecule has 1 aliphatic carbocycles. The summed E-state index contributed by atoms with van der Waals surface area (Å²) in [5.74, 6) is 0. The number of rotatable bonds is 4. The van der Waals surface area contributed by atoms with E-state index in [-0.39, 0.29) is 0 Å². The third kappa shape index (κ3) is 3.58. The van der Waals surface area contributed by atoms with Gasteiger partial charge in [0, 0.05) is 36.9 Å². The van der Waals surface area contributed by atoms with Gasteiger partial charge in [0.2, 0.25) is 0 Å². The zero-order valence-corrected chi connectivity index (χ0v) is 9.73. The van der Waals surface area contributed by atoms with Crippen molar-refractivity contribution in [1.82, 2.24) is 10.3 Å². The Kier molecular flexibility index (Phi) is 4.31. The predicted molar refractivity (Wildman–Crippen MR) is 66.2 cm³/mol. The Morgan fingerprint density at radius 2 is 2.06 bits per heavy atom. The second-order valence-corrected chi connectivity index (χ2v) is 4.64. The molecular weight excluding hydrogens is 198 g/mol. The smallest absolute Gasteiger partial charge is 0.0416 e. The fourth-order valence-corrected chi connectivity index (χ4v) is 2.27. The molecule has 1 aromatic rings. The Morgan fingerprint density at radius 1 is 1.25 bits per heavy atom. The van der Waals surface area contributed by atoms with Gasteiger partial charge in [0.1, 0.15) is 0 Å². The van der Waals surface area contributed by atoms with E-state index in [4.69, 9.17) is 5.73 Å². The third-order valence-electron chi connectivity index (χ3n) is 3.31. The van der Waals surface area contributed by atoms with Crippen LogP contribution < -0.4 is 11.1 Å². The molecule has 0 aromatic carbocycles. The lowest BCUT2D eigenvalue weighted by Crippen LogP contribution is -2.38. The van der Waals surface area contributed by atoms with Gasteiger partial charge in [0.05, 0.1) is 0 Å². The van der Waals surface area contributed by atoms with Gasteiger partial charge >= 0.3 is 0 Å². The maximum absolute atomic E-state index is 5.88. The largest absolute Gasteiger partial charge is 0.328 e. The van der Waals surface area contributed by atoms with Gasteiger partial charge in [0.15, 0.2) is 0 Å². The number of hydrogen-bond donors (Lipinski definition) is 2. The molecule has 1 aromatic heterocycles. The normalized spacial score (nSPS) is 25.6. The summed E-state index contributed by atoms with van der Waals surface area (Å²) in [6.45, 7) is 1.02. The summed E-state index contributed by atoms with van der Waals surface area (Å²) in [4.78, 5) is 4.31. The molecule has 1 fully saturated rings. The van der Waals surface area contributed by atoms with Gasteiger partial charge in [0.25, 0.3) is 0 Å². The van der Waals surface area contributed by atoms with Crippen molar-refractivity contribution in [2.24, 2.45) is 5.73 Å². The van der Waals surface area contributed by atoms with Gasteiger partial charge in [-0.2, -0.15) is 0 Å². The van der Waals surface area contributed by atoms with Crippen LogP contribution in [0.4, 0.5) is 0 Å². The predicted octanol–water partition coefficient (Wildman–Crippen LogP) is 1.48. The zero-order chi connectivity index (χ0) is 11.2. The van der Waals surface area contributed by atoms with E-state index in [1.807, 2.05) is 18.3 Å². The van der Waals surface area contributed by atoms with E-state index < -0.39 is 0 Å². The Morgan fingerprint density at radius 3 is 2.75 bits per heavy atom. The second kappa shape index (κ2) is 5.97. The fraction of sp³-hybridized carbons (Fsp3) is 0.615. The van der Waals surface area contributed by atoms with Crippen LogP contribution in [0.1, 0.15) is 31.4 Å². The molecule has 1 heterocycles. The summed E-state index contributed by atoms with van der Waals surface area (Å²) in [5, 5.41) is 3.60. The van der Waals surface area contributed by atoms with E-state index in [1.54, 1.807) is 0 Å². The molecule has 0 bridgehead atoms. The van der Waals surface area contributed by atoms with Crippen LogP contribution in [-0.4, -0.2) is 23.6 Å². The van der Waals surface area contributed by atoms with E-state index in [0.29, 0.717) is 12.1 Å². The maximum Gasteiger partial charge on any atom is 0.0416 e. The summed E-state index contributed by atoms with van der Waals surface area (Å²) in [7, 11) is 0. The molecule has 16 heavy (non-hydrogen) atoms. The summed E-state index contributed by atoms with van der Waals surface area (Å²) < 4.78 is 0. The summed E-state index contributed by atoms with van der Waals surface area (Å²) >= 11 is 0. The minimum Gasteiger partial charge on any atom is -0.328 e. The Bertz CT molecular complexity index is 291. The highest BCUT2D eigenvalue weighted by Crippen LogP contribution is 2.16. The fourth-order valence-electron chi connectivity index (χ4n) is 2.27. The van der Waals surface area contributed by atoms with Gasteiger partial charge in [-0.25, -0.2) is 0 Å². The van der Waals surface area contributed by atoms with Crippen molar-refractivity contribution in [2.75, 3.05) is 6.54 Å². The van der Waals surface area contributed by atoms with Crippen LogP contribution in [0.25, 0.3) is 0 Å². The lowest BCUT2D eigenvalue weighted by Gasteiger charge is -2.26. The standard InChI is InChI=1S/C13H21N3/c14-11-4-6-13(7-5-11)16-10-8-12-3-1-2-9-15-12/h1-3,9,11,13,16H,4-8,10,14H2/t11-,13-. The summed E-state index contributed by atoms with van der Waals surface area (Å²) in [5.41, 5.74) is 7.05. The number of pyridine rings is 1. The van der Waals surface area contributed by atoms with Crippen molar-refractivity contribution in [2.45, 2.75) is 44.2 Å². The van der Waals surface area contributed by atoms with E-state index in [0.717, 1.165) is 13.0 Å². The van der Waals surface area contributed by atoms with Crippen molar-refractivity contribution >= 4 is 0 Å². The van der Waals surface area contributed by atoms with Gasteiger partial charge in [-0.05, 0) is 37.8 Å². The molecule has 0 aliphatic heterocycles. The van der Waals surface area contributed by atoms with Crippen molar-refractivity contribution in [3.05, 3.63) is 30.1 Å². The first-order valence-corrected chi connectivity index (χ1v) is 6.23. The molecule has 3 nitrogen and oxygen atoms in total. The topological polar surface area (TPSA) is 50.9 Å². The van der Waals surface area contributed by atoms with Crippen molar-refractivity contribution < 1.29 is 0 Å². The summed E-state index contributed by atoms with van der Waals surface area (Å²) in [6, 6.07) is 7.19. The third-order valence-corrected chi connectivity index (χ3v) is 3.31. The molecule has 1 saturated carbocycles. The molecule has 0 unspecified atom stereocenters. The van der Waals surface area contributed by atoms with Gasteiger partial charge in [-0.3, -0.25) is 4.98 Å². The molecule has 0 saturated heterocycles. The zero-order valence-electron chi connectivity index (χ0n) is 9.73. The average molecular weight is 219 g/mol. The quantitative estimate of drug-likeness (QED) is 0.806. The summed E-state index contributed by atoms with van der Waals surface area (Å²) in [6.07, 6.45) is 7.66. The molecule has 1 aliphatic rings. The Labute approximate surface area is 97.5 Å². The number of nitrogens with two attached hydrogens (primary N) is 1. The first-order valence-electron chi connectivity index (χ1n) is 6.23. The van der Waals surface area contributed by atoms with Crippen molar-refractivity contribution in [3.63, 3.8) is 0 Å². The first-order chi connectivity index (χ1) is 7.84. The molecule has 0 atom stereocenters. The first kappa shape index (κ1) is 11.6. The molecule has 3 heteroatoms. The number of nitrogens with one attached hydrogen (secondary N) is 1. The van der Waals surface area contributed by atoms with Crippen LogP contribution in [0, 0.1) is 0 Å². The SMILES string of the molecule is N[C@H]1CC[C@H](NCCc2ccccn2)CC1. The molecule has 0 radical (unpaired) electrons. The van der Waals surface area contributed by atoms with Crippen molar-refractivity contribution in [3.8, 4) is 0 Å². The van der Waals surface area contributed by atoms with E-state index in [1.165, 1.54) is 31.4 Å². The number of aromatic nitrogens is 1. The molecule has 3 N–H and O–H groups in total. The lowest BCUT2D eigenvalue weighted by molar-refractivity contribution is 0.344. The van der Waals surface area contributed by atoms with Crippen LogP contribution in [0.2, 0.25) is 0 Å². The van der Waals surface area contributed by atoms with Gasteiger partial charge in [-0.15, -0.1) is 0 Å². The second-order valence-electron chi connectivity index (χ2n) is 4.64. The molecule has 0 amide bonds. The monoisotopic (exact) mass is 219 g/mol. The van der Waals surface area contributed by atoms with Crippen LogP contribution in [0.5, 0.6) is 0 Å². The van der Waals surface area contributed by atoms with Gasteiger partial charge < -0.3 is 11.1 Å². The average Bonchev–Trinajstić information content (AvgIpc) is 2.33. The number of nitrogens with zero attached hydrogens (tertiary/aromatic N) is 1. The molecule has 0 spiro atoms. The van der Waals surface area contributed by atoms with Gasteiger partial charge in [-0.1, -0.05) is 6.07 Å². The van der Waals surface area contributed by atoms with Crippen molar-refractivity contribution in [1.29, 1.82) is 0 Å². The lowest BCUT2D eigenvalue weighted by atomic mass is 9.92. The van der Waals surface area contributed by atoms with E-state index in [2.05, 4.69) is 16.4 Å². The Hall–Kier alpha value is -0.930. The van der Waals surface area contributed by atoms with E-state index >= 15 is 0 Å². The highest BCUT2D eigenvalue weighted by Gasteiger charge is 2.17. The minimum atomic E-state index is 0.439. The molecule has 2 rings (SSSR count). The van der Waals surface area contributed by atoms with E-state index in [9.17, 15) is 0 Å². The highest BCUT2D eigenvalue weighted by atomic mass is 14.9. The highest BCUT2D eigenvalue weighted by molar-refractivity contribution is 5.03. The van der Waals surface area contributed by atoms with Crippen LogP contribution in [-0.2, 0) is 6.42 Å². The minimum absolute atomic E-state index is 0.439. The Balaban J connectivity index is 1.65. The van der Waals surface area contributed by atoms with Crippen LogP contribution >= 0.6 is 0 Å². The number of hydrogen-bond acceptors (Lipinski definition) is 3.